The molecule has 132 valence electrons. The van der Waals surface area contributed by atoms with Crippen molar-refractivity contribution in [2.24, 2.45) is 5.73 Å². The fourth-order valence-corrected chi connectivity index (χ4v) is 2.14. The molecule has 4 N–H and O–H groups in total. The number of benzene rings is 1. The highest BCUT2D eigenvalue weighted by molar-refractivity contribution is 6.30. The van der Waals surface area contributed by atoms with Gasteiger partial charge in [0.15, 0.2) is 0 Å². The van der Waals surface area contributed by atoms with Crippen LogP contribution in [0.5, 0.6) is 0 Å². The third-order valence-electron chi connectivity index (χ3n) is 3.30. The van der Waals surface area contributed by atoms with Crippen LogP contribution in [0.4, 0.5) is 10.5 Å². The van der Waals surface area contributed by atoms with Crippen LogP contribution >= 0.6 is 11.6 Å². The average molecular weight is 355 g/mol. The summed E-state index contributed by atoms with van der Waals surface area (Å²) in [5.74, 6) is -0.358. The van der Waals surface area contributed by atoms with E-state index in [9.17, 15) is 14.4 Å². The molecular formula is C16H23ClN4O3. The molecule has 1 aromatic carbocycles. The molecule has 0 aromatic heterocycles. The van der Waals surface area contributed by atoms with Gasteiger partial charge in [-0.1, -0.05) is 18.0 Å². The molecule has 0 radical (unpaired) electrons. The number of nitrogens with zero attached hydrogens (tertiary/aromatic N) is 1. The molecule has 0 saturated carbocycles. The summed E-state index contributed by atoms with van der Waals surface area (Å²) in [7, 11) is 1.60. The van der Waals surface area contributed by atoms with Gasteiger partial charge >= 0.3 is 6.03 Å². The normalized spacial score (nSPS) is 10.1. The number of nitrogens with one attached hydrogen (secondary N) is 2. The maximum atomic E-state index is 12.0. The highest BCUT2D eigenvalue weighted by Gasteiger charge is 2.12. The number of likely N-dealkylation sites (N-methyl/N-ethyl adjacent to an activating group) is 1. The molecule has 1 aromatic rings. The second-order valence-electron chi connectivity index (χ2n) is 5.41. The Morgan fingerprint density at radius 1 is 1.12 bits per heavy atom. The Hall–Kier alpha value is -2.28. The van der Waals surface area contributed by atoms with Crippen molar-refractivity contribution in [1.82, 2.24) is 10.2 Å². The molecule has 1 rings (SSSR count). The number of hydrogen-bond acceptors (Lipinski definition) is 3. The lowest BCUT2D eigenvalue weighted by Crippen LogP contribution is -2.34. The number of rotatable bonds is 9. The second-order valence-corrected chi connectivity index (χ2v) is 5.84. The maximum absolute atomic E-state index is 12.0. The van der Waals surface area contributed by atoms with Crippen LogP contribution in [0.3, 0.4) is 0 Å². The summed E-state index contributed by atoms with van der Waals surface area (Å²) in [6, 6.07) is 6.21. The molecule has 0 aliphatic heterocycles. The van der Waals surface area contributed by atoms with Gasteiger partial charge in [0.1, 0.15) is 0 Å². The van der Waals surface area contributed by atoms with Crippen molar-refractivity contribution in [2.45, 2.75) is 25.7 Å². The quantitative estimate of drug-likeness (QED) is 0.590. The Kier molecular flexibility index (Phi) is 8.64. The monoisotopic (exact) mass is 354 g/mol. The minimum Gasteiger partial charge on any atom is -0.352 e. The standard InChI is InChI=1S/C16H23ClN4O3/c1-21(15(23)5-3-2-4-10-19-16(18)24)11-14(22)20-13-8-6-12(17)7-9-13/h6-9H,2-5,10-11H2,1H3,(H,20,22)(H3,18,19,24). The summed E-state index contributed by atoms with van der Waals surface area (Å²) in [5, 5.41) is 5.79. The van der Waals surface area contributed by atoms with Gasteiger partial charge in [-0.15, -0.1) is 0 Å². The van der Waals surface area contributed by atoms with Crippen molar-refractivity contribution in [3.05, 3.63) is 29.3 Å². The molecule has 0 heterocycles. The van der Waals surface area contributed by atoms with Crippen LogP contribution in [0.1, 0.15) is 25.7 Å². The van der Waals surface area contributed by atoms with Gasteiger partial charge in [0.25, 0.3) is 0 Å². The SMILES string of the molecule is CN(CC(=O)Nc1ccc(Cl)cc1)C(=O)CCCCCNC(N)=O. The molecule has 0 fully saturated rings. The third kappa shape index (κ3) is 8.38. The number of carbonyl (C=O) groups excluding carboxylic acids is 3. The van der Waals surface area contributed by atoms with Gasteiger partial charge in [-0.3, -0.25) is 9.59 Å². The van der Waals surface area contributed by atoms with E-state index in [1.54, 1.807) is 31.3 Å². The van der Waals surface area contributed by atoms with E-state index in [0.717, 1.165) is 12.8 Å². The molecular weight excluding hydrogens is 332 g/mol. The zero-order valence-corrected chi connectivity index (χ0v) is 14.4. The minimum atomic E-state index is -0.544. The van der Waals surface area contributed by atoms with E-state index in [1.165, 1.54) is 4.90 Å². The van der Waals surface area contributed by atoms with Crippen molar-refractivity contribution >= 4 is 35.1 Å². The van der Waals surface area contributed by atoms with Gasteiger partial charge in [-0.2, -0.15) is 0 Å². The minimum absolute atomic E-state index is 0.00924. The largest absolute Gasteiger partial charge is 0.352 e. The molecule has 0 saturated heterocycles. The van der Waals surface area contributed by atoms with Crippen molar-refractivity contribution < 1.29 is 14.4 Å². The van der Waals surface area contributed by atoms with E-state index in [4.69, 9.17) is 17.3 Å². The predicted molar refractivity (Wildman–Crippen MR) is 93.8 cm³/mol. The molecule has 8 heteroatoms. The molecule has 0 aliphatic rings. The van der Waals surface area contributed by atoms with Crippen LogP contribution in [0.15, 0.2) is 24.3 Å². The van der Waals surface area contributed by atoms with Gasteiger partial charge in [-0.05, 0) is 37.1 Å². The molecule has 24 heavy (non-hydrogen) atoms. The molecule has 0 unspecified atom stereocenters. The smallest absolute Gasteiger partial charge is 0.312 e. The number of urea groups is 1. The van der Waals surface area contributed by atoms with Crippen LogP contribution in [0.2, 0.25) is 5.02 Å². The lowest BCUT2D eigenvalue weighted by atomic mass is 10.2. The summed E-state index contributed by atoms with van der Waals surface area (Å²) in [4.78, 5) is 35.7. The molecule has 4 amide bonds. The van der Waals surface area contributed by atoms with Crippen molar-refractivity contribution in [2.75, 3.05) is 25.5 Å². The number of nitrogens with two attached hydrogens (primary N) is 1. The molecule has 0 aliphatic carbocycles. The van der Waals surface area contributed by atoms with Crippen LogP contribution in [0.25, 0.3) is 0 Å². The highest BCUT2D eigenvalue weighted by atomic mass is 35.5. The topological polar surface area (TPSA) is 105 Å². The van der Waals surface area contributed by atoms with Crippen LogP contribution < -0.4 is 16.4 Å². The first-order valence-corrected chi connectivity index (χ1v) is 8.09. The number of hydrogen-bond donors (Lipinski definition) is 3. The summed E-state index contributed by atoms with van der Waals surface area (Å²) >= 11 is 5.78. The lowest BCUT2D eigenvalue weighted by Gasteiger charge is -2.17. The Bertz CT molecular complexity index is 563. The number of unbranched alkanes of at least 4 members (excludes halogenated alkanes) is 2. The van der Waals surface area contributed by atoms with E-state index in [-0.39, 0.29) is 18.4 Å². The highest BCUT2D eigenvalue weighted by Crippen LogP contribution is 2.13. The number of primary amides is 1. The summed E-state index contributed by atoms with van der Waals surface area (Å²) in [6.07, 6.45) is 2.62. The Morgan fingerprint density at radius 3 is 2.42 bits per heavy atom. The zero-order valence-electron chi connectivity index (χ0n) is 13.7. The first kappa shape index (κ1) is 19.8. The summed E-state index contributed by atoms with van der Waals surface area (Å²) < 4.78 is 0. The van der Waals surface area contributed by atoms with Gasteiger partial charge in [0.05, 0.1) is 6.54 Å². The maximum Gasteiger partial charge on any atom is 0.312 e. The van der Waals surface area contributed by atoms with Crippen molar-refractivity contribution in [3.8, 4) is 0 Å². The molecule has 7 nitrogen and oxygen atoms in total. The number of amides is 4. The van der Waals surface area contributed by atoms with E-state index >= 15 is 0 Å². The van der Waals surface area contributed by atoms with Gasteiger partial charge in [0, 0.05) is 30.7 Å². The fraction of sp³-hybridized carbons (Fsp3) is 0.438. The predicted octanol–water partition coefficient (Wildman–Crippen LogP) is 1.97. The van der Waals surface area contributed by atoms with E-state index in [1.807, 2.05) is 0 Å². The number of halogens is 1. The first-order valence-electron chi connectivity index (χ1n) is 7.71. The van der Waals surface area contributed by atoms with Crippen molar-refractivity contribution in [3.63, 3.8) is 0 Å². The van der Waals surface area contributed by atoms with Gasteiger partial charge in [0.2, 0.25) is 11.8 Å². The molecule has 0 bridgehead atoms. The third-order valence-corrected chi connectivity index (χ3v) is 3.55. The van der Waals surface area contributed by atoms with E-state index < -0.39 is 6.03 Å². The average Bonchev–Trinajstić information content (AvgIpc) is 2.52. The first-order chi connectivity index (χ1) is 11.4. The Labute approximate surface area is 146 Å². The van der Waals surface area contributed by atoms with Crippen LogP contribution in [-0.4, -0.2) is 42.9 Å². The van der Waals surface area contributed by atoms with Crippen LogP contribution in [0, 0.1) is 0 Å². The summed E-state index contributed by atoms with van der Waals surface area (Å²) in [6.45, 7) is 0.494. The zero-order chi connectivity index (χ0) is 17.9. The van der Waals surface area contributed by atoms with Gasteiger partial charge < -0.3 is 21.3 Å². The fourth-order valence-electron chi connectivity index (χ4n) is 2.02. The second kappa shape index (κ2) is 10.5. The summed E-state index contributed by atoms with van der Waals surface area (Å²) in [5.41, 5.74) is 5.58. The number of carbonyl (C=O) groups is 3. The molecule has 0 spiro atoms. The van der Waals surface area contributed by atoms with Crippen LogP contribution in [-0.2, 0) is 9.59 Å². The van der Waals surface area contributed by atoms with E-state index in [2.05, 4.69) is 10.6 Å². The Morgan fingerprint density at radius 2 is 1.79 bits per heavy atom. The molecule has 0 atom stereocenters. The Balaban J connectivity index is 2.21. The van der Waals surface area contributed by atoms with E-state index in [0.29, 0.717) is 30.1 Å². The van der Waals surface area contributed by atoms with Gasteiger partial charge in [-0.25, -0.2) is 4.79 Å². The van der Waals surface area contributed by atoms with Crippen molar-refractivity contribution in [1.29, 1.82) is 0 Å². The lowest BCUT2D eigenvalue weighted by molar-refractivity contribution is -0.133. The number of anilines is 1.